The van der Waals surface area contributed by atoms with Gasteiger partial charge in [-0.05, 0) is 18.2 Å². The lowest BCUT2D eigenvalue weighted by Gasteiger charge is -2.29. The van der Waals surface area contributed by atoms with E-state index in [-0.39, 0.29) is 5.41 Å². The van der Waals surface area contributed by atoms with Crippen LogP contribution >= 0.6 is 0 Å². The third-order valence-electron chi connectivity index (χ3n) is 2.69. The summed E-state index contributed by atoms with van der Waals surface area (Å²) in [7, 11) is 0. The average molecular weight is 217 g/mol. The molecule has 2 N–H and O–H groups in total. The van der Waals surface area contributed by atoms with Gasteiger partial charge >= 0.3 is 0 Å². The Morgan fingerprint density at radius 3 is 2.69 bits per heavy atom. The van der Waals surface area contributed by atoms with Gasteiger partial charge in [0.2, 0.25) is 0 Å². The molecule has 1 aromatic rings. The molecule has 0 spiro atoms. The van der Waals surface area contributed by atoms with Gasteiger partial charge in [0.15, 0.2) is 0 Å². The highest BCUT2D eigenvalue weighted by atomic mass is 15.2. The Balaban J connectivity index is 2.32. The van der Waals surface area contributed by atoms with Gasteiger partial charge in [-0.15, -0.1) is 0 Å². The third kappa shape index (κ3) is 2.03. The molecule has 0 radical (unpaired) electrons. The summed E-state index contributed by atoms with van der Waals surface area (Å²) < 4.78 is 0. The molecule has 16 heavy (non-hydrogen) atoms. The predicted octanol–water partition coefficient (Wildman–Crippen LogP) is 2.53. The number of nitrogens with zero attached hydrogens (tertiary/aromatic N) is 2. The number of hydrogen-bond acceptors (Lipinski definition) is 3. The van der Waals surface area contributed by atoms with Crippen LogP contribution in [-0.2, 0) is 0 Å². The number of rotatable bonds is 1. The number of benzene rings is 1. The van der Waals surface area contributed by atoms with Gasteiger partial charge in [-0.2, -0.15) is 0 Å². The molecule has 0 aliphatic carbocycles. The van der Waals surface area contributed by atoms with Crippen LogP contribution in [0.3, 0.4) is 0 Å². The summed E-state index contributed by atoms with van der Waals surface area (Å²) in [5.41, 5.74) is 7.85. The van der Waals surface area contributed by atoms with E-state index in [4.69, 9.17) is 5.73 Å². The van der Waals surface area contributed by atoms with Crippen LogP contribution in [0.2, 0.25) is 0 Å². The fraction of sp³-hybridized carbons (Fsp3) is 0.462. The summed E-state index contributed by atoms with van der Waals surface area (Å²) in [6, 6.07) is 7.99. The van der Waals surface area contributed by atoms with Gasteiger partial charge < -0.3 is 10.6 Å². The number of aliphatic imine (C=N–C) groups is 1. The van der Waals surface area contributed by atoms with Crippen molar-refractivity contribution in [1.29, 1.82) is 0 Å². The Morgan fingerprint density at radius 1 is 1.31 bits per heavy atom. The Bertz CT molecular complexity index is 415. The summed E-state index contributed by atoms with van der Waals surface area (Å²) in [6.07, 6.45) is 0. The van der Waals surface area contributed by atoms with Crippen LogP contribution in [0.1, 0.15) is 20.8 Å². The Kier molecular flexibility index (Phi) is 2.62. The second kappa shape index (κ2) is 3.81. The maximum absolute atomic E-state index is 5.81. The molecule has 3 heteroatoms. The van der Waals surface area contributed by atoms with Crippen molar-refractivity contribution in [3.05, 3.63) is 24.3 Å². The standard InChI is InChI=1S/C13H19N3/c1-13(2,3)12-15-7-8-16(12)11-6-4-5-10(14)9-11/h4-6,9H,7-8,14H2,1-3H3. The lowest BCUT2D eigenvalue weighted by Crippen LogP contribution is -2.36. The van der Waals surface area contributed by atoms with Crippen LogP contribution in [0.15, 0.2) is 29.3 Å². The van der Waals surface area contributed by atoms with E-state index in [0.717, 1.165) is 30.3 Å². The van der Waals surface area contributed by atoms with Crippen molar-refractivity contribution in [2.75, 3.05) is 23.7 Å². The molecule has 0 saturated carbocycles. The van der Waals surface area contributed by atoms with Gasteiger partial charge in [0.25, 0.3) is 0 Å². The maximum Gasteiger partial charge on any atom is 0.109 e. The molecule has 2 rings (SSSR count). The first-order valence-corrected chi connectivity index (χ1v) is 5.66. The minimum Gasteiger partial charge on any atom is -0.399 e. The molecule has 1 heterocycles. The molecule has 0 fully saturated rings. The Morgan fingerprint density at radius 2 is 2.06 bits per heavy atom. The molecule has 1 aromatic carbocycles. The van der Waals surface area contributed by atoms with Crippen molar-refractivity contribution in [3.63, 3.8) is 0 Å². The average Bonchev–Trinajstić information content (AvgIpc) is 2.65. The maximum atomic E-state index is 5.81. The van der Waals surface area contributed by atoms with Gasteiger partial charge in [-0.1, -0.05) is 26.8 Å². The number of anilines is 2. The zero-order valence-electron chi connectivity index (χ0n) is 10.2. The minimum atomic E-state index is 0.0844. The first-order chi connectivity index (χ1) is 7.48. The third-order valence-corrected chi connectivity index (χ3v) is 2.69. The SMILES string of the molecule is CC(C)(C)C1=NCCN1c1cccc(N)c1. The van der Waals surface area contributed by atoms with Crippen molar-refractivity contribution in [1.82, 2.24) is 0 Å². The normalized spacial score (nSPS) is 16.4. The second-order valence-corrected chi connectivity index (χ2v) is 5.20. The van der Waals surface area contributed by atoms with E-state index < -0.39 is 0 Å². The van der Waals surface area contributed by atoms with Crippen molar-refractivity contribution >= 4 is 17.2 Å². The van der Waals surface area contributed by atoms with Gasteiger partial charge in [-0.3, -0.25) is 4.99 Å². The molecule has 1 aliphatic rings. The molecule has 0 saturated heterocycles. The van der Waals surface area contributed by atoms with Crippen LogP contribution in [-0.4, -0.2) is 18.9 Å². The topological polar surface area (TPSA) is 41.6 Å². The van der Waals surface area contributed by atoms with E-state index in [9.17, 15) is 0 Å². The summed E-state index contributed by atoms with van der Waals surface area (Å²) in [4.78, 5) is 6.86. The van der Waals surface area contributed by atoms with E-state index >= 15 is 0 Å². The van der Waals surface area contributed by atoms with Crippen LogP contribution in [0.5, 0.6) is 0 Å². The van der Waals surface area contributed by atoms with Crippen molar-refractivity contribution in [2.24, 2.45) is 10.4 Å². The van der Waals surface area contributed by atoms with Crippen LogP contribution in [0.4, 0.5) is 11.4 Å². The molecule has 0 atom stereocenters. The van der Waals surface area contributed by atoms with Crippen molar-refractivity contribution < 1.29 is 0 Å². The molecule has 0 amide bonds. The Hall–Kier alpha value is -1.51. The van der Waals surface area contributed by atoms with E-state index in [1.54, 1.807) is 0 Å². The minimum absolute atomic E-state index is 0.0844. The quantitative estimate of drug-likeness (QED) is 0.734. The molecule has 86 valence electrons. The van der Waals surface area contributed by atoms with Gasteiger partial charge in [0, 0.05) is 23.3 Å². The van der Waals surface area contributed by atoms with Crippen LogP contribution in [0, 0.1) is 5.41 Å². The summed E-state index contributed by atoms with van der Waals surface area (Å²) in [5.74, 6) is 1.15. The van der Waals surface area contributed by atoms with Crippen molar-refractivity contribution in [3.8, 4) is 0 Å². The highest BCUT2D eigenvalue weighted by Crippen LogP contribution is 2.28. The van der Waals surface area contributed by atoms with Crippen molar-refractivity contribution in [2.45, 2.75) is 20.8 Å². The molecular weight excluding hydrogens is 198 g/mol. The summed E-state index contributed by atoms with van der Waals surface area (Å²) >= 11 is 0. The largest absolute Gasteiger partial charge is 0.399 e. The van der Waals surface area contributed by atoms with Gasteiger partial charge in [0.1, 0.15) is 5.84 Å². The van der Waals surface area contributed by atoms with E-state index in [2.05, 4.69) is 36.7 Å². The van der Waals surface area contributed by atoms with Gasteiger partial charge in [-0.25, -0.2) is 0 Å². The first kappa shape index (κ1) is 11.0. The lowest BCUT2D eigenvalue weighted by atomic mass is 9.94. The molecule has 3 nitrogen and oxygen atoms in total. The van der Waals surface area contributed by atoms with Crippen LogP contribution in [0.25, 0.3) is 0 Å². The monoisotopic (exact) mass is 217 g/mol. The molecule has 0 aromatic heterocycles. The fourth-order valence-corrected chi connectivity index (χ4v) is 2.03. The van der Waals surface area contributed by atoms with E-state index in [0.29, 0.717) is 0 Å². The van der Waals surface area contributed by atoms with Crippen LogP contribution < -0.4 is 10.6 Å². The number of nitrogens with two attached hydrogens (primary N) is 1. The first-order valence-electron chi connectivity index (χ1n) is 5.66. The number of hydrogen-bond donors (Lipinski definition) is 1. The molecule has 0 unspecified atom stereocenters. The molecular formula is C13H19N3. The van der Waals surface area contributed by atoms with Gasteiger partial charge in [0.05, 0.1) is 6.54 Å². The summed E-state index contributed by atoms with van der Waals surface area (Å²) in [5, 5.41) is 0. The number of amidine groups is 1. The zero-order valence-corrected chi connectivity index (χ0v) is 10.2. The predicted molar refractivity (Wildman–Crippen MR) is 70.0 cm³/mol. The van der Waals surface area contributed by atoms with E-state index in [1.807, 2.05) is 18.2 Å². The smallest absolute Gasteiger partial charge is 0.109 e. The number of nitrogen functional groups attached to an aromatic ring is 1. The highest BCUT2D eigenvalue weighted by Gasteiger charge is 2.28. The molecule has 0 bridgehead atoms. The fourth-order valence-electron chi connectivity index (χ4n) is 2.03. The Labute approximate surface area is 97.0 Å². The summed E-state index contributed by atoms with van der Waals surface area (Å²) in [6.45, 7) is 8.40. The second-order valence-electron chi connectivity index (χ2n) is 5.20. The highest BCUT2D eigenvalue weighted by molar-refractivity contribution is 6.02. The lowest BCUT2D eigenvalue weighted by molar-refractivity contribution is 0.583. The van der Waals surface area contributed by atoms with E-state index in [1.165, 1.54) is 0 Å². The molecule has 1 aliphatic heterocycles. The zero-order chi connectivity index (χ0) is 11.8.